The predicted octanol–water partition coefficient (Wildman–Crippen LogP) is 11.9. The van der Waals surface area contributed by atoms with E-state index in [9.17, 15) is 15.0 Å². The van der Waals surface area contributed by atoms with Gasteiger partial charge in [0.1, 0.15) is 6.61 Å². The molecular weight excluding hydrogens is 749 g/mol. The molecule has 10 heteroatoms. The largest absolute Gasteiger partial charge is 0.465 e. The summed E-state index contributed by atoms with van der Waals surface area (Å²) in [6, 6.07) is 21.3. The van der Waals surface area contributed by atoms with Crippen molar-refractivity contribution in [3.05, 3.63) is 48.0 Å². The van der Waals surface area contributed by atoms with Crippen LogP contribution in [0, 0.1) is 17.3 Å². The van der Waals surface area contributed by atoms with Crippen LogP contribution in [0.1, 0.15) is 126 Å². The van der Waals surface area contributed by atoms with Gasteiger partial charge in [-0.3, -0.25) is 4.79 Å². The molecule has 0 unspecified atom stereocenters. The van der Waals surface area contributed by atoms with Gasteiger partial charge in [-0.25, -0.2) is 0 Å². The quantitative estimate of drug-likeness (QED) is 0.0333. The van der Waals surface area contributed by atoms with Crippen LogP contribution in [-0.2, 0) is 29.2 Å². The van der Waals surface area contributed by atoms with E-state index in [1.54, 1.807) is 6.92 Å². The summed E-state index contributed by atoms with van der Waals surface area (Å²) in [5, 5.41) is 19.1. The summed E-state index contributed by atoms with van der Waals surface area (Å²) in [5.41, 5.74) is 0.582. The number of hydrogen-bond acceptors (Lipinski definition) is 7. The monoisotopic (exact) mass is 835 g/mol. The number of aryl methyl sites for hydroxylation is 1. The Balaban J connectivity index is 2.41. The number of carbonyl (C=O) groups excluding carboxylic acids is 1. The second kappa shape index (κ2) is 26.2. The van der Waals surface area contributed by atoms with Gasteiger partial charge in [0.25, 0.3) is 0 Å². The number of aliphatic hydroxyl groups is 2. The SMILES string of the molecule is CC[Si](CC)(CC)O[C@@H](CCc1ccccc1)CC[C@@H]1[C@@H](C/C=C\CCCC(=O)OCC(C)(CO)CO)[C@@H](O[Si](CC)(CC)CC)C[C@H]1O[Si](CC)(CC)CC. The molecule has 7 nitrogen and oxygen atoms in total. The number of allylic oxidation sites excluding steroid dienone is 2. The molecule has 0 aliphatic heterocycles. The van der Waals surface area contributed by atoms with Gasteiger partial charge in [-0.05, 0) is 123 Å². The Morgan fingerprint density at radius 3 is 1.77 bits per heavy atom. The molecule has 0 aromatic heterocycles. The second-order valence-corrected chi connectivity index (χ2v) is 31.5. The highest BCUT2D eigenvalue weighted by atomic mass is 28.4. The van der Waals surface area contributed by atoms with Crippen LogP contribution in [0.15, 0.2) is 42.5 Å². The molecule has 0 amide bonds. The van der Waals surface area contributed by atoms with E-state index in [0.29, 0.717) is 24.7 Å². The van der Waals surface area contributed by atoms with Gasteiger partial charge in [-0.1, -0.05) is 112 Å². The van der Waals surface area contributed by atoms with Crippen molar-refractivity contribution in [3.8, 4) is 0 Å². The third-order valence-corrected chi connectivity index (χ3v) is 28.1. The van der Waals surface area contributed by atoms with Crippen molar-refractivity contribution in [2.24, 2.45) is 17.3 Å². The molecule has 0 heterocycles. The van der Waals surface area contributed by atoms with Gasteiger partial charge in [-0.2, -0.15) is 0 Å². The first-order valence-corrected chi connectivity index (χ1v) is 30.6. The molecule has 56 heavy (non-hydrogen) atoms. The lowest BCUT2D eigenvalue weighted by Gasteiger charge is -2.37. The minimum absolute atomic E-state index is 0.0232. The molecule has 0 spiro atoms. The van der Waals surface area contributed by atoms with E-state index in [0.717, 1.165) is 99.3 Å². The molecule has 2 N–H and O–H groups in total. The average molecular weight is 835 g/mol. The smallest absolute Gasteiger partial charge is 0.305 e. The highest BCUT2D eigenvalue weighted by Gasteiger charge is 2.49. The standard InChI is InChI=1S/C46H86O7Si3/c1-11-54(12-2,13-3)51-40(32-31-39-27-23-22-24-28-39)33-34-42-41(29-25-20-21-26-30-45(49)50-38-46(10,36-47)37-48)43(52-55(14-4,15-5)16-6)35-44(42)53-56(17-7,18-8)19-9/h20,22-25,27-28,40-44,47-48H,11-19,21,26,29-38H2,1-10H3/b25-20-/t40-,41+,42+,43-,44+/m0/s1. The molecule has 1 aliphatic rings. The van der Waals surface area contributed by atoms with Gasteiger partial charge < -0.3 is 28.2 Å². The highest BCUT2D eigenvalue weighted by Crippen LogP contribution is 2.46. The van der Waals surface area contributed by atoms with Crippen molar-refractivity contribution >= 4 is 30.9 Å². The number of carbonyl (C=O) groups is 1. The van der Waals surface area contributed by atoms with Gasteiger partial charge in [0.05, 0.1) is 25.4 Å². The Kier molecular flexibility index (Phi) is 23.8. The fourth-order valence-corrected chi connectivity index (χ4v) is 17.7. The van der Waals surface area contributed by atoms with Gasteiger partial charge in [0.15, 0.2) is 25.0 Å². The molecule has 324 valence electrons. The van der Waals surface area contributed by atoms with Crippen molar-refractivity contribution in [3.63, 3.8) is 0 Å². The molecule has 1 saturated carbocycles. The van der Waals surface area contributed by atoms with Gasteiger partial charge in [0.2, 0.25) is 0 Å². The van der Waals surface area contributed by atoms with Crippen LogP contribution in [0.4, 0.5) is 0 Å². The zero-order valence-electron chi connectivity index (χ0n) is 37.7. The Morgan fingerprint density at radius 1 is 0.750 bits per heavy atom. The maximum absolute atomic E-state index is 12.4. The number of rotatable bonds is 31. The van der Waals surface area contributed by atoms with Crippen LogP contribution in [0.5, 0.6) is 0 Å². The number of hydrogen-bond donors (Lipinski definition) is 2. The van der Waals surface area contributed by atoms with Crippen molar-refractivity contribution in [1.29, 1.82) is 0 Å². The zero-order valence-corrected chi connectivity index (χ0v) is 40.7. The van der Waals surface area contributed by atoms with Crippen LogP contribution in [0.3, 0.4) is 0 Å². The highest BCUT2D eigenvalue weighted by molar-refractivity contribution is 6.74. The van der Waals surface area contributed by atoms with Gasteiger partial charge >= 0.3 is 5.97 Å². The van der Waals surface area contributed by atoms with Crippen molar-refractivity contribution in [2.75, 3.05) is 19.8 Å². The third-order valence-electron chi connectivity index (χ3n) is 14.1. The topological polar surface area (TPSA) is 94.5 Å². The summed E-state index contributed by atoms with van der Waals surface area (Å²) in [7, 11) is -5.57. The Bertz CT molecular complexity index is 1190. The lowest BCUT2D eigenvalue weighted by atomic mass is 9.85. The van der Waals surface area contributed by atoms with Crippen LogP contribution < -0.4 is 0 Å². The fraction of sp³-hybridized carbons (Fsp3) is 0.804. The maximum atomic E-state index is 12.4. The van der Waals surface area contributed by atoms with E-state index in [4.69, 9.17) is 18.0 Å². The first kappa shape index (κ1) is 51.0. The Labute approximate surface area is 347 Å². The number of unbranched alkanes of at least 4 members (excludes halogenated alkanes) is 1. The van der Waals surface area contributed by atoms with E-state index >= 15 is 0 Å². The summed E-state index contributed by atoms with van der Waals surface area (Å²) < 4.78 is 27.8. The van der Waals surface area contributed by atoms with Crippen LogP contribution >= 0.6 is 0 Å². The molecule has 2 rings (SSSR count). The predicted molar refractivity (Wildman–Crippen MR) is 243 cm³/mol. The van der Waals surface area contributed by atoms with Crippen molar-refractivity contribution < 1.29 is 33.0 Å². The molecular formula is C46H86O7Si3. The Morgan fingerprint density at radius 2 is 1.27 bits per heavy atom. The van der Waals surface area contributed by atoms with E-state index in [2.05, 4.69) is 105 Å². The molecule has 0 radical (unpaired) electrons. The van der Waals surface area contributed by atoms with Crippen molar-refractivity contribution in [2.45, 2.75) is 200 Å². The molecule has 1 aromatic rings. The number of ether oxygens (including phenoxy) is 1. The summed E-state index contributed by atoms with van der Waals surface area (Å²) in [6.07, 6.45) is 13.3. The number of esters is 1. The first-order valence-electron chi connectivity index (χ1n) is 23.0. The van der Waals surface area contributed by atoms with Crippen LogP contribution in [-0.4, -0.2) is 79.3 Å². The van der Waals surface area contributed by atoms with Crippen LogP contribution in [0.2, 0.25) is 54.4 Å². The maximum Gasteiger partial charge on any atom is 0.305 e. The molecule has 0 saturated heterocycles. The third kappa shape index (κ3) is 15.5. The van der Waals surface area contributed by atoms with E-state index in [1.807, 2.05) is 0 Å². The molecule has 1 aliphatic carbocycles. The molecule has 0 bridgehead atoms. The first-order chi connectivity index (χ1) is 26.9. The average Bonchev–Trinajstić information content (AvgIpc) is 3.56. The zero-order chi connectivity index (χ0) is 41.7. The summed E-state index contributed by atoms with van der Waals surface area (Å²) in [6.45, 7) is 22.4. The lowest BCUT2D eigenvalue weighted by Crippen LogP contribution is -2.42. The van der Waals surface area contributed by atoms with Gasteiger partial charge in [-0.15, -0.1) is 0 Å². The Hall–Kier alpha value is -1.12. The normalized spacial score (nSPS) is 20.2. The number of aliphatic hydroxyl groups excluding tert-OH is 2. The second-order valence-electron chi connectivity index (χ2n) is 17.3. The summed E-state index contributed by atoms with van der Waals surface area (Å²) in [5.74, 6) is 0.506. The fourth-order valence-electron chi connectivity index (χ4n) is 8.94. The van der Waals surface area contributed by atoms with Crippen LogP contribution in [0.25, 0.3) is 0 Å². The van der Waals surface area contributed by atoms with E-state index < -0.39 is 30.4 Å². The minimum atomic E-state index is -1.88. The molecule has 1 fully saturated rings. The summed E-state index contributed by atoms with van der Waals surface area (Å²) in [4.78, 5) is 12.4. The lowest BCUT2D eigenvalue weighted by molar-refractivity contribution is -0.149. The van der Waals surface area contributed by atoms with Gasteiger partial charge in [0, 0.05) is 17.9 Å². The van der Waals surface area contributed by atoms with Crippen molar-refractivity contribution in [1.82, 2.24) is 0 Å². The molecule has 1 aromatic carbocycles. The number of benzene rings is 1. The summed E-state index contributed by atoms with van der Waals surface area (Å²) >= 11 is 0. The van der Waals surface area contributed by atoms with E-state index in [-0.39, 0.29) is 44.1 Å². The molecule has 5 atom stereocenters. The minimum Gasteiger partial charge on any atom is -0.465 e. The van der Waals surface area contributed by atoms with E-state index in [1.165, 1.54) is 5.56 Å².